The average molecular weight is 487 g/mol. The molecule has 1 heterocycles. The van der Waals surface area contributed by atoms with Crippen molar-refractivity contribution in [1.82, 2.24) is 9.62 Å². The van der Waals surface area contributed by atoms with Crippen LogP contribution in [-0.2, 0) is 14.8 Å². The summed E-state index contributed by atoms with van der Waals surface area (Å²) in [7, 11) is -2.23. The number of methoxy groups -OCH3 is 1. The Morgan fingerprint density at radius 1 is 1.00 bits per heavy atom. The minimum Gasteiger partial charge on any atom is -0.495 e. The fraction of sp³-hybridized carbons (Fsp3) is 0.519. The van der Waals surface area contributed by atoms with Crippen molar-refractivity contribution >= 4 is 15.9 Å². The Labute approximate surface area is 204 Å². The smallest absolute Gasteiger partial charge is 0.246 e. The SMILES string of the molecule is COc1ccc(C(C)C)cc1S(=O)(=O)N1CCC(C(=O)N[C@H](C)c2cc(C)c(C)cc2C)CC1. The molecule has 2 aromatic carbocycles. The van der Waals surface area contributed by atoms with Crippen LogP contribution in [-0.4, -0.2) is 38.8 Å². The highest BCUT2D eigenvalue weighted by molar-refractivity contribution is 7.89. The number of aryl methyl sites for hydroxylation is 3. The topological polar surface area (TPSA) is 75.7 Å². The maximum Gasteiger partial charge on any atom is 0.246 e. The minimum atomic E-state index is -3.71. The summed E-state index contributed by atoms with van der Waals surface area (Å²) in [5, 5.41) is 3.15. The summed E-state index contributed by atoms with van der Waals surface area (Å²) in [6.07, 6.45) is 0.992. The zero-order valence-corrected chi connectivity index (χ0v) is 22.3. The molecule has 0 bridgehead atoms. The zero-order chi connectivity index (χ0) is 25.2. The standard InChI is InChI=1S/C27H38N2O4S/c1-17(2)23-8-9-25(33-7)26(16-23)34(31,32)29-12-10-22(11-13-29)27(30)28-21(6)24-15-19(4)18(3)14-20(24)5/h8-9,14-17,21-22H,10-13H2,1-7H3,(H,28,30)/t21-/m1/s1. The molecule has 34 heavy (non-hydrogen) atoms. The van der Waals surface area contributed by atoms with Crippen molar-refractivity contribution < 1.29 is 17.9 Å². The molecule has 7 heteroatoms. The molecular weight excluding hydrogens is 448 g/mol. The molecule has 0 saturated carbocycles. The van der Waals surface area contributed by atoms with Gasteiger partial charge in [0.1, 0.15) is 10.6 Å². The van der Waals surface area contributed by atoms with Gasteiger partial charge >= 0.3 is 0 Å². The number of benzene rings is 2. The van der Waals surface area contributed by atoms with Crippen LogP contribution < -0.4 is 10.1 Å². The first-order valence-electron chi connectivity index (χ1n) is 12.0. The third-order valence-corrected chi connectivity index (χ3v) is 8.92. The number of piperidine rings is 1. The lowest BCUT2D eigenvalue weighted by molar-refractivity contribution is -0.126. The van der Waals surface area contributed by atoms with Crippen LogP contribution in [0.4, 0.5) is 0 Å². The molecule has 1 aliphatic heterocycles. The van der Waals surface area contributed by atoms with E-state index in [0.29, 0.717) is 31.7 Å². The fourth-order valence-electron chi connectivity index (χ4n) is 4.61. The third kappa shape index (κ3) is 5.47. The Morgan fingerprint density at radius 2 is 1.62 bits per heavy atom. The van der Waals surface area contributed by atoms with E-state index >= 15 is 0 Å². The highest BCUT2D eigenvalue weighted by atomic mass is 32.2. The van der Waals surface area contributed by atoms with E-state index in [1.807, 2.05) is 26.8 Å². The summed E-state index contributed by atoms with van der Waals surface area (Å²) >= 11 is 0. The Balaban J connectivity index is 1.69. The van der Waals surface area contributed by atoms with Gasteiger partial charge in [0.2, 0.25) is 15.9 Å². The van der Waals surface area contributed by atoms with Crippen molar-refractivity contribution in [3.8, 4) is 5.75 Å². The second-order valence-corrected chi connectivity index (χ2v) is 11.7. The molecule has 0 radical (unpaired) electrons. The molecule has 1 fully saturated rings. The lowest BCUT2D eigenvalue weighted by atomic mass is 9.94. The van der Waals surface area contributed by atoms with Crippen LogP contribution in [0, 0.1) is 26.7 Å². The van der Waals surface area contributed by atoms with Gasteiger partial charge in [-0.25, -0.2) is 8.42 Å². The average Bonchev–Trinajstić information content (AvgIpc) is 2.80. The quantitative estimate of drug-likeness (QED) is 0.596. The molecule has 2 aromatic rings. The van der Waals surface area contributed by atoms with Gasteiger partial charge in [-0.05, 0) is 86.4 Å². The van der Waals surface area contributed by atoms with Crippen LogP contribution in [0.5, 0.6) is 5.75 Å². The van der Waals surface area contributed by atoms with Gasteiger partial charge < -0.3 is 10.1 Å². The van der Waals surface area contributed by atoms with Crippen LogP contribution >= 0.6 is 0 Å². The van der Waals surface area contributed by atoms with Gasteiger partial charge in [0.25, 0.3) is 0 Å². The number of amides is 1. The molecule has 1 atom stereocenters. The van der Waals surface area contributed by atoms with E-state index in [1.54, 1.807) is 12.1 Å². The van der Waals surface area contributed by atoms with Gasteiger partial charge in [-0.2, -0.15) is 4.31 Å². The molecule has 3 rings (SSSR count). The van der Waals surface area contributed by atoms with E-state index < -0.39 is 10.0 Å². The summed E-state index contributed by atoms with van der Waals surface area (Å²) in [5.41, 5.74) is 5.67. The lowest BCUT2D eigenvalue weighted by Gasteiger charge is -2.32. The highest BCUT2D eigenvalue weighted by Crippen LogP contribution is 2.32. The molecular formula is C27H38N2O4S. The Kier molecular flexibility index (Phi) is 8.09. The van der Waals surface area contributed by atoms with E-state index in [9.17, 15) is 13.2 Å². The largest absolute Gasteiger partial charge is 0.495 e. The second-order valence-electron chi connectivity index (χ2n) is 9.77. The predicted octanol–water partition coefficient (Wildman–Crippen LogP) is 5.02. The fourth-order valence-corrected chi connectivity index (χ4v) is 6.27. The van der Waals surface area contributed by atoms with E-state index in [-0.39, 0.29) is 28.7 Å². The first-order valence-corrected chi connectivity index (χ1v) is 13.5. The summed E-state index contributed by atoms with van der Waals surface area (Å²) in [6.45, 7) is 12.9. The maximum absolute atomic E-state index is 13.4. The van der Waals surface area contributed by atoms with E-state index in [2.05, 4.69) is 38.2 Å². The van der Waals surface area contributed by atoms with Gasteiger partial charge in [-0.1, -0.05) is 32.0 Å². The Bertz CT molecular complexity index is 1150. The molecule has 1 amide bonds. The molecule has 0 spiro atoms. The van der Waals surface area contributed by atoms with Gasteiger partial charge in [-0.15, -0.1) is 0 Å². The van der Waals surface area contributed by atoms with Gasteiger partial charge in [0.15, 0.2) is 0 Å². The van der Waals surface area contributed by atoms with Gasteiger partial charge in [-0.3, -0.25) is 4.79 Å². The van der Waals surface area contributed by atoms with Gasteiger partial charge in [0.05, 0.1) is 13.2 Å². The predicted molar refractivity (Wildman–Crippen MR) is 136 cm³/mol. The van der Waals surface area contributed by atoms with Crippen LogP contribution in [0.1, 0.15) is 73.4 Å². The highest BCUT2D eigenvalue weighted by Gasteiger charge is 2.34. The van der Waals surface area contributed by atoms with Crippen LogP contribution in [0.3, 0.4) is 0 Å². The zero-order valence-electron chi connectivity index (χ0n) is 21.4. The summed E-state index contributed by atoms with van der Waals surface area (Å²) in [4.78, 5) is 13.2. The van der Waals surface area contributed by atoms with E-state index in [1.165, 1.54) is 22.5 Å². The number of carbonyl (C=O) groups is 1. The van der Waals surface area contributed by atoms with Crippen molar-refractivity contribution in [2.75, 3.05) is 20.2 Å². The minimum absolute atomic E-state index is 0.0124. The molecule has 186 valence electrons. The monoisotopic (exact) mass is 486 g/mol. The van der Waals surface area contributed by atoms with Crippen molar-refractivity contribution in [2.45, 2.75) is 71.2 Å². The number of ether oxygens (including phenoxy) is 1. The summed E-state index contributed by atoms with van der Waals surface area (Å²) in [6, 6.07) is 9.53. The molecule has 0 aliphatic carbocycles. The van der Waals surface area contributed by atoms with Crippen molar-refractivity contribution in [3.63, 3.8) is 0 Å². The number of rotatable bonds is 7. The van der Waals surface area contributed by atoms with E-state index in [0.717, 1.165) is 16.7 Å². The molecule has 0 aromatic heterocycles. The molecule has 1 N–H and O–H groups in total. The van der Waals surface area contributed by atoms with Crippen molar-refractivity contribution in [2.24, 2.45) is 5.92 Å². The normalized spacial score (nSPS) is 16.5. The van der Waals surface area contributed by atoms with Crippen molar-refractivity contribution in [3.05, 3.63) is 58.1 Å². The number of carbonyl (C=O) groups excluding carboxylic acids is 1. The number of hydrogen-bond acceptors (Lipinski definition) is 4. The summed E-state index contributed by atoms with van der Waals surface area (Å²) in [5.74, 6) is 0.338. The van der Waals surface area contributed by atoms with Crippen LogP contribution in [0.25, 0.3) is 0 Å². The molecule has 1 saturated heterocycles. The van der Waals surface area contributed by atoms with Crippen LogP contribution in [0.15, 0.2) is 35.2 Å². The number of sulfonamides is 1. The second kappa shape index (κ2) is 10.5. The Hall–Kier alpha value is -2.38. The first kappa shape index (κ1) is 26.2. The molecule has 6 nitrogen and oxygen atoms in total. The van der Waals surface area contributed by atoms with Gasteiger partial charge in [0, 0.05) is 19.0 Å². The first-order chi connectivity index (χ1) is 15.9. The maximum atomic E-state index is 13.4. The number of hydrogen-bond donors (Lipinski definition) is 1. The van der Waals surface area contributed by atoms with Crippen LogP contribution in [0.2, 0.25) is 0 Å². The Morgan fingerprint density at radius 3 is 2.21 bits per heavy atom. The number of nitrogens with zero attached hydrogens (tertiary/aromatic N) is 1. The third-order valence-electron chi connectivity index (χ3n) is 7.00. The summed E-state index contributed by atoms with van der Waals surface area (Å²) < 4.78 is 33.7. The lowest BCUT2D eigenvalue weighted by Crippen LogP contribution is -2.43. The van der Waals surface area contributed by atoms with E-state index in [4.69, 9.17) is 4.74 Å². The van der Waals surface area contributed by atoms with Crippen molar-refractivity contribution in [1.29, 1.82) is 0 Å². The number of nitrogens with one attached hydrogen (secondary N) is 1. The molecule has 0 unspecified atom stereocenters. The molecule has 1 aliphatic rings.